The van der Waals surface area contributed by atoms with Crippen LogP contribution in [0.3, 0.4) is 0 Å². The molecule has 6 heteroatoms. The van der Waals surface area contributed by atoms with Gasteiger partial charge in [0.25, 0.3) is 0 Å². The Morgan fingerprint density at radius 1 is 1.33 bits per heavy atom. The summed E-state index contributed by atoms with van der Waals surface area (Å²) in [5.41, 5.74) is 0. The molecule has 1 aliphatic rings. The van der Waals surface area contributed by atoms with Crippen LogP contribution in [0.15, 0.2) is 0 Å². The Labute approximate surface area is 126 Å². The number of ether oxygens (including phenoxy) is 1. The van der Waals surface area contributed by atoms with Gasteiger partial charge in [0.05, 0.1) is 6.61 Å². The molecule has 1 heterocycles. The van der Waals surface area contributed by atoms with Crippen LogP contribution in [0, 0.1) is 5.92 Å². The third-order valence-electron chi connectivity index (χ3n) is 4.27. The molecule has 1 rings (SSSR count). The second-order valence-electron chi connectivity index (χ2n) is 6.01. The lowest BCUT2D eigenvalue weighted by Gasteiger charge is -2.43. The maximum absolute atomic E-state index is 12.1. The molecule has 0 spiro atoms. The lowest BCUT2D eigenvalue weighted by molar-refractivity contribution is -0.175. The zero-order valence-electron chi connectivity index (χ0n) is 13.4. The Kier molecular flexibility index (Phi) is 7.98. The Morgan fingerprint density at radius 2 is 2.05 bits per heavy atom. The van der Waals surface area contributed by atoms with Crippen molar-refractivity contribution in [3.8, 4) is 0 Å². The fourth-order valence-electron chi connectivity index (χ4n) is 2.90. The topological polar surface area (TPSA) is 24.5 Å². The molecule has 3 nitrogen and oxygen atoms in total. The van der Waals surface area contributed by atoms with E-state index in [1.165, 1.54) is 0 Å². The van der Waals surface area contributed by atoms with E-state index in [0.29, 0.717) is 24.5 Å². The molecule has 3 unspecified atom stereocenters. The number of halogens is 3. The molecule has 0 aromatic heterocycles. The number of hydrogen-bond acceptors (Lipinski definition) is 3. The Bertz CT molecular complexity index is 287. The Hall–Kier alpha value is -0.330. The summed E-state index contributed by atoms with van der Waals surface area (Å²) in [6, 6.07) is 0.829. The van der Waals surface area contributed by atoms with Crippen LogP contribution in [-0.2, 0) is 4.74 Å². The number of rotatable bonds is 8. The molecule has 0 aromatic rings. The summed E-state index contributed by atoms with van der Waals surface area (Å²) in [5, 5.41) is 3.57. The van der Waals surface area contributed by atoms with Gasteiger partial charge in [0.15, 0.2) is 0 Å². The average Bonchev–Trinajstić information content (AvgIpc) is 2.42. The Morgan fingerprint density at radius 3 is 2.62 bits per heavy atom. The van der Waals surface area contributed by atoms with Crippen LogP contribution in [0.2, 0.25) is 0 Å². The van der Waals surface area contributed by atoms with Gasteiger partial charge in [0.1, 0.15) is 6.61 Å². The molecule has 1 fully saturated rings. The molecular formula is C15H29F3N2O. The number of piperazine rings is 1. The fourth-order valence-corrected chi connectivity index (χ4v) is 2.90. The monoisotopic (exact) mass is 310 g/mol. The highest BCUT2D eigenvalue weighted by Gasteiger charge is 2.31. The number of nitrogens with zero attached hydrogens (tertiary/aromatic N) is 1. The maximum atomic E-state index is 12.1. The van der Waals surface area contributed by atoms with E-state index in [4.69, 9.17) is 4.74 Å². The van der Waals surface area contributed by atoms with E-state index in [9.17, 15) is 13.2 Å². The summed E-state index contributed by atoms with van der Waals surface area (Å²) in [6.45, 7) is 7.90. The van der Waals surface area contributed by atoms with E-state index in [1.807, 2.05) is 0 Å². The lowest BCUT2D eigenvalue weighted by atomic mass is 9.93. The summed E-state index contributed by atoms with van der Waals surface area (Å²) in [4.78, 5) is 2.31. The third-order valence-corrected chi connectivity index (χ3v) is 4.27. The molecule has 0 saturated carbocycles. The number of hydrogen-bond donors (Lipinski definition) is 1. The minimum atomic E-state index is -4.23. The van der Waals surface area contributed by atoms with Crippen molar-refractivity contribution in [1.82, 2.24) is 10.2 Å². The predicted octanol–water partition coefficient (Wildman–Crippen LogP) is 3.05. The van der Waals surface area contributed by atoms with Gasteiger partial charge in [-0.25, -0.2) is 0 Å². The van der Waals surface area contributed by atoms with Crippen LogP contribution in [0.25, 0.3) is 0 Å². The van der Waals surface area contributed by atoms with Gasteiger partial charge >= 0.3 is 6.18 Å². The van der Waals surface area contributed by atoms with Crippen molar-refractivity contribution in [2.45, 2.75) is 58.3 Å². The quantitative estimate of drug-likeness (QED) is 0.697. The standard InChI is InChI=1S/C15H29F3N2O/c1-4-6-13-10-20(7-8-21-11-15(16,17)18)14(9-19-13)12(3)5-2/h12-14,19H,4-11H2,1-3H3. The van der Waals surface area contributed by atoms with Gasteiger partial charge < -0.3 is 10.1 Å². The molecule has 21 heavy (non-hydrogen) atoms. The minimum Gasteiger partial charge on any atom is -0.371 e. The van der Waals surface area contributed by atoms with Gasteiger partial charge in [-0.2, -0.15) is 13.2 Å². The normalized spacial score (nSPS) is 26.0. The van der Waals surface area contributed by atoms with Crippen molar-refractivity contribution in [2.24, 2.45) is 5.92 Å². The maximum Gasteiger partial charge on any atom is 0.411 e. The van der Waals surface area contributed by atoms with Crippen LogP contribution < -0.4 is 5.32 Å². The van der Waals surface area contributed by atoms with Crippen molar-refractivity contribution >= 4 is 0 Å². The highest BCUT2D eigenvalue weighted by atomic mass is 19.4. The predicted molar refractivity (Wildman–Crippen MR) is 78.4 cm³/mol. The third kappa shape index (κ3) is 6.98. The summed E-state index contributed by atoms with van der Waals surface area (Å²) in [7, 11) is 0. The SMILES string of the molecule is CCCC1CN(CCOCC(F)(F)F)C(C(C)CC)CN1. The largest absolute Gasteiger partial charge is 0.411 e. The lowest BCUT2D eigenvalue weighted by Crippen LogP contribution is -2.59. The first kappa shape index (κ1) is 18.7. The van der Waals surface area contributed by atoms with Gasteiger partial charge in [-0.05, 0) is 12.3 Å². The molecule has 1 N–H and O–H groups in total. The molecule has 1 saturated heterocycles. The summed E-state index contributed by atoms with van der Waals surface area (Å²) in [6.07, 6.45) is -0.938. The summed E-state index contributed by atoms with van der Waals surface area (Å²) in [5.74, 6) is 0.530. The highest BCUT2D eigenvalue weighted by Crippen LogP contribution is 2.20. The highest BCUT2D eigenvalue weighted by molar-refractivity contribution is 4.88. The van der Waals surface area contributed by atoms with Crippen LogP contribution in [0.1, 0.15) is 40.0 Å². The first-order chi connectivity index (χ1) is 9.87. The van der Waals surface area contributed by atoms with Crippen molar-refractivity contribution in [3.05, 3.63) is 0 Å². The fraction of sp³-hybridized carbons (Fsp3) is 1.00. The van der Waals surface area contributed by atoms with E-state index in [1.54, 1.807) is 0 Å². The van der Waals surface area contributed by atoms with Crippen molar-refractivity contribution in [2.75, 3.05) is 32.8 Å². The number of nitrogens with one attached hydrogen (secondary N) is 1. The molecule has 0 aliphatic carbocycles. The first-order valence-electron chi connectivity index (χ1n) is 7.99. The molecule has 126 valence electrons. The summed E-state index contributed by atoms with van der Waals surface area (Å²) >= 11 is 0. The first-order valence-corrected chi connectivity index (χ1v) is 7.99. The van der Waals surface area contributed by atoms with Crippen molar-refractivity contribution < 1.29 is 17.9 Å². The number of alkyl halides is 3. The van der Waals surface area contributed by atoms with E-state index in [0.717, 1.165) is 32.4 Å². The average molecular weight is 310 g/mol. The van der Waals surface area contributed by atoms with Gasteiger partial charge in [-0.15, -0.1) is 0 Å². The van der Waals surface area contributed by atoms with Crippen molar-refractivity contribution in [3.63, 3.8) is 0 Å². The van der Waals surface area contributed by atoms with E-state index < -0.39 is 12.8 Å². The molecule has 0 amide bonds. The van der Waals surface area contributed by atoms with Crippen molar-refractivity contribution in [1.29, 1.82) is 0 Å². The second-order valence-corrected chi connectivity index (χ2v) is 6.01. The molecule has 0 bridgehead atoms. The van der Waals surface area contributed by atoms with Crippen LogP contribution in [0.5, 0.6) is 0 Å². The van der Waals surface area contributed by atoms with Gasteiger partial charge in [-0.3, -0.25) is 4.90 Å². The molecule has 0 aromatic carbocycles. The van der Waals surface area contributed by atoms with E-state index in [-0.39, 0.29) is 6.61 Å². The van der Waals surface area contributed by atoms with Crippen LogP contribution in [0.4, 0.5) is 13.2 Å². The van der Waals surface area contributed by atoms with Gasteiger partial charge in [0, 0.05) is 31.7 Å². The molecule has 3 atom stereocenters. The zero-order chi connectivity index (χ0) is 15.9. The van der Waals surface area contributed by atoms with E-state index in [2.05, 4.69) is 31.0 Å². The Balaban J connectivity index is 2.45. The van der Waals surface area contributed by atoms with Gasteiger partial charge in [-0.1, -0.05) is 33.6 Å². The van der Waals surface area contributed by atoms with E-state index >= 15 is 0 Å². The molecular weight excluding hydrogens is 281 g/mol. The van der Waals surface area contributed by atoms with Crippen LogP contribution in [-0.4, -0.2) is 56.0 Å². The minimum absolute atomic E-state index is 0.144. The van der Waals surface area contributed by atoms with Crippen LogP contribution >= 0.6 is 0 Å². The second kappa shape index (κ2) is 8.96. The summed E-state index contributed by atoms with van der Waals surface area (Å²) < 4.78 is 41.1. The van der Waals surface area contributed by atoms with Gasteiger partial charge in [0.2, 0.25) is 0 Å². The molecule has 1 aliphatic heterocycles. The smallest absolute Gasteiger partial charge is 0.371 e. The zero-order valence-corrected chi connectivity index (χ0v) is 13.4. The molecule has 0 radical (unpaired) electrons.